The smallest absolute Gasteiger partial charge is 0.0420 e. The van der Waals surface area contributed by atoms with E-state index in [1.807, 2.05) is 12.1 Å². The molecule has 0 saturated carbocycles. The van der Waals surface area contributed by atoms with Crippen LogP contribution in [0.4, 0.5) is 0 Å². The van der Waals surface area contributed by atoms with Gasteiger partial charge in [-0.25, -0.2) is 0 Å². The van der Waals surface area contributed by atoms with Gasteiger partial charge in [-0.05, 0) is 23.4 Å². The van der Waals surface area contributed by atoms with E-state index >= 15 is 0 Å². The lowest BCUT2D eigenvalue weighted by molar-refractivity contribution is 0.453. The fraction of sp³-hybridized carbons (Fsp3) is 0.125. The van der Waals surface area contributed by atoms with Gasteiger partial charge in [0.1, 0.15) is 0 Å². The Morgan fingerprint density at radius 3 is 2.12 bits per heavy atom. The van der Waals surface area contributed by atoms with Gasteiger partial charge < -0.3 is 4.90 Å². The molecule has 0 radical (unpaired) electrons. The number of hydrogen-bond donors (Lipinski definition) is 0. The van der Waals surface area contributed by atoms with Gasteiger partial charge in [0.2, 0.25) is 0 Å². The molecule has 0 spiro atoms. The van der Waals surface area contributed by atoms with Crippen LogP contribution in [-0.4, -0.2) is 11.9 Å². The summed E-state index contributed by atoms with van der Waals surface area (Å²) in [7, 11) is 2.09. The highest BCUT2D eigenvalue weighted by Gasteiger charge is 1.93. The molecular weight excluding hydrogens is 206 g/mol. The standard InChI is InChI=1S/C16H17N/c1-17(14-16-10-6-3-7-11-16)13-12-15-8-4-2-5-9-15/h2-13H,14H2,1H3. The summed E-state index contributed by atoms with van der Waals surface area (Å²) in [5, 5.41) is 0. The molecule has 1 heteroatoms. The van der Waals surface area contributed by atoms with Gasteiger partial charge in [-0.2, -0.15) is 0 Å². The van der Waals surface area contributed by atoms with Crippen LogP contribution in [0.15, 0.2) is 66.9 Å². The van der Waals surface area contributed by atoms with Crippen LogP contribution in [0.25, 0.3) is 6.08 Å². The second-order valence-electron chi connectivity index (χ2n) is 4.13. The maximum absolute atomic E-state index is 2.18. The first-order valence-electron chi connectivity index (χ1n) is 5.82. The minimum atomic E-state index is 0.935. The third-order valence-electron chi connectivity index (χ3n) is 2.60. The quantitative estimate of drug-likeness (QED) is 0.762. The lowest BCUT2D eigenvalue weighted by atomic mass is 10.2. The second kappa shape index (κ2) is 5.90. The zero-order chi connectivity index (χ0) is 11.9. The Bertz CT molecular complexity index is 459. The van der Waals surface area contributed by atoms with E-state index < -0.39 is 0 Å². The Morgan fingerprint density at radius 2 is 1.47 bits per heavy atom. The number of hydrogen-bond acceptors (Lipinski definition) is 1. The van der Waals surface area contributed by atoms with Gasteiger partial charge in [-0.15, -0.1) is 0 Å². The van der Waals surface area contributed by atoms with Crippen molar-refractivity contribution >= 4 is 6.08 Å². The summed E-state index contributed by atoms with van der Waals surface area (Å²) < 4.78 is 0. The van der Waals surface area contributed by atoms with Crippen molar-refractivity contribution in [1.29, 1.82) is 0 Å². The van der Waals surface area contributed by atoms with Crippen molar-refractivity contribution in [2.75, 3.05) is 7.05 Å². The summed E-state index contributed by atoms with van der Waals surface area (Å²) in [6.45, 7) is 0.935. The zero-order valence-corrected chi connectivity index (χ0v) is 10.1. The van der Waals surface area contributed by atoms with Crippen molar-refractivity contribution in [1.82, 2.24) is 4.90 Å². The zero-order valence-electron chi connectivity index (χ0n) is 10.1. The Morgan fingerprint density at radius 1 is 0.882 bits per heavy atom. The average molecular weight is 223 g/mol. The van der Waals surface area contributed by atoms with Gasteiger partial charge in [0.25, 0.3) is 0 Å². The molecule has 0 atom stereocenters. The average Bonchev–Trinajstić information content (AvgIpc) is 2.39. The van der Waals surface area contributed by atoms with E-state index in [1.165, 1.54) is 11.1 Å². The van der Waals surface area contributed by atoms with Crippen LogP contribution in [0.3, 0.4) is 0 Å². The van der Waals surface area contributed by atoms with Gasteiger partial charge >= 0.3 is 0 Å². The molecule has 0 aliphatic heterocycles. The maximum Gasteiger partial charge on any atom is 0.0420 e. The molecular formula is C16H17N. The Labute approximate surface area is 103 Å². The maximum atomic E-state index is 2.18. The fourth-order valence-electron chi connectivity index (χ4n) is 1.70. The third kappa shape index (κ3) is 3.80. The predicted octanol–water partition coefficient (Wildman–Crippen LogP) is 3.79. The molecule has 0 amide bonds. The van der Waals surface area contributed by atoms with Crippen LogP contribution in [0.5, 0.6) is 0 Å². The summed E-state index contributed by atoms with van der Waals surface area (Å²) in [6, 6.07) is 20.8. The molecule has 0 N–H and O–H groups in total. The summed E-state index contributed by atoms with van der Waals surface area (Å²) >= 11 is 0. The van der Waals surface area contributed by atoms with Crippen molar-refractivity contribution in [3.8, 4) is 0 Å². The Kier molecular flexibility index (Phi) is 3.98. The van der Waals surface area contributed by atoms with E-state index in [4.69, 9.17) is 0 Å². The number of benzene rings is 2. The summed E-state index contributed by atoms with van der Waals surface area (Å²) in [4.78, 5) is 2.18. The van der Waals surface area contributed by atoms with Gasteiger partial charge in [0, 0.05) is 13.6 Å². The highest BCUT2D eigenvalue weighted by molar-refractivity contribution is 5.48. The highest BCUT2D eigenvalue weighted by atomic mass is 15.1. The van der Waals surface area contributed by atoms with E-state index in [2.05, 4.69) is 72.8 Å². The molecule has 0 heterocycles. The van der Waals surface area contributed by atoms with E-state index in [9.17, 15) is 0 Å². The molecule has 17 heavy (non-hydrogen) atoms. The molecule has 2 rings (SSSR count). The topological polar surface area (TPSA) is 3.24 Å². The Hall–Kier alpha value is -2.02. The van der Waals surface area contributed by atoms with Gasteiger partial charge in [0.15, 0.2) is 0 Å². The van der Waals surface area contributed by atoms with Crippen LogP contribution in [0.1, 0.15) is 11.1 Å². The highest BCUT2D eigenvalue weighted by Crippen LogP contribution is 2.05. The van der Waals surface area contributed by atoms with E-state index in [0.29, 0.717) is 0 Å². The SMILES string of the molecule is CN(C=Cc1ccccc1)Cc1ccccc1. The molecule has 0 saturated heterocycles. The van der Waals surface area contributed by atoms with Crippen molar-refractivity contribution in [3.05, 3.63) is 78.0 Å². The van der Waals surface area contributed by atoms with Crippen LogP contribution in [0, 0.1) is 0 Å². The lowest BCUT2D eigenvalue weighted by Crippen LogP contribution is -2.09. The molecule has 0 bridgehead atoms. The number of nitrogens with zero attached hydrogens (tertiary/aromatic N) is 1. The van der Waals surface area contributed by atoms with Gasteiger partial charge in [0.05, 0.1) is 0 Å². The largest absolute Gasteiger partial charge is 0.376 e. The normalized spacial score (nSPS) is 10.6. The van der Waals surface area contributed by atoms with Crippen molar-refractivity contribution in [2.24, 2.45) is 0 Å². The number of rotatable bonds is 4. The van der Waals surface area contributed by atoms with Crippen LogP contribution in [0.2, 0.25) is 0 Å². The molecule has 0 aliphatic rings. The summed E-state index contributed by atoms with van der Waals surface area (Å²) in [5.74, 6) is 0. The van der Waals surface area contributed by atoms with E-state index in [0.717, 1.165) is 6.54 Å². The van der Waals surface area contributed by atoms with Crippen LogP contribution in [-0.2, 0) is 6.54 Å². The van der Waals surface area contributed by atoms with E-state index in [-0.39, 0.29) is 0 Å². The van der Waals surface area contributed by atoms with E-state index in [1.54, 1.807) is 0 Å². The molecule has 0 aromatic heterocycles. The first-order valence-corrected chi connectivity index (χ1v) is 5.82. The van der Waals surface area contributed by atoms with Crippen molar-refractivity contribution in [3.63, 3.8) is 0 Å². The molecule has 2 aromatic rings. The molecule has 1 nitrogen and oxygen atoms in total. The Balaban J connectivity index is 1.94. The summed E-state index contributed by atoms with van der Waals surface area (Å²) in [6.07, 6.45) is 4.24. The van der Waals surface area contributed by atoms with Crippen LogP contribution < -0.4 is 0 Å². The first-order chi connectivity index (χ1) is 8.34. The van der Waals surface area contributed by atoms with Crippen LogP contribution >= 0.6 is 0 Å². The molecule has 2 aromatic carbocycles. The lowest BCUT2D eigenvalue weighted by Gasteiger charge is -2.13. The predicted molar refractivity (Wildman–Crippen MR) is 73.4 cm³/mol. The monoisotopic (exact) mass is 223 g/mol. The fourth-order valence-corrected chi connectivity index (χ4v) is 1.70. The van der Waals surface area contributed by atoms with Crippen molar-refractivity contribution in [2.45, 2.75) is 6.54 Å². The second-order valence-corrected chi connectivity index (χ2v) is 4.13. The summed E-state index contributed by atoms with van der Waals surface area (Å²) in [5.41, 5.74) is 2.56. The molecule has 0 unspecified atom stereocenters. The molecule has 86 valence electrons. The molecule has 0 fully saturated rings. The van der Waals surface area contributed by atoms with Gasteiger partial charge in [-0.1, -0.05) is 60.7 Å². The molecule has 0 aliphatic carbocycles. The van der Waals surface area contributed by atoms with Gasteiger partial charge in [-0.3, -0.25) is 0 Å². The van der Waals surface area contributed by atoms with Crippen molar-refractivity contribution < 1.29 is 0 Å². The minimum Gasteiger partial charge on any atom is -0.376 e. The third-order valence-corrected chi connectivity index (χ3v) is 2.60. The minimum absolute atomic E-state index is 0.935. The first kappa shape index (κ1) is 11.5.